The highest BCUT2D eigenvalue weighted by atomic mass is 16.5. The summed E-state index contributed by atoms with van der Waals surface area (Å²) in [6, 6.07) is 15.9. The summed E-state index contributed by atoms with van der Waals surface area (Å²) < 4.78 is 5.60. The van der Waals surface area contributed by atoms with Gasteiger partial charge in [-0.05, 0) is 29.8 Å². The summed E-state index contributed by atoms with van der Waals surface area (Å²) >= 11 is 0. The Morgan fingerprint density at radius 1 is 1.11 bits per heavy atom. The highest BCUT2D eigenvalue weighted by Crippen LogP contribution is 2.36. The second-order valence-corrected chi connectivity index (χ2v) is 7.55. The van der Waals surface area contributed by atoms with E-state index in [1.807, 2.05) is 36.4 Å². The van der Waals surface area contributed by atoms with Gasteiger partial charge in [0, 0.05) is 45.7 Å². The number of benzene rings is 2. The predicted molar refractivity (Wildman–Crippen MR) is 112 cm³/mol. The third-order valence-corrected chi connectivity index (χ3v) is 5.35. The first-order valence-electron chi connectivity index (χ1n) is 9.65. The Bertz CT molecular complexity index is 901. The van der Waals surface area contributed by atoms with Crippen molar-refractivity contribution in [1.29, 1.82) is 0 Å². The van der Waals surface area contributed by atoms with E-state index in [1.54, 1.807) is 19.0 Å². The molecule has 2 aromatic carbocycles. The van der Waals surface area contributed by atoms with E-state index in [9.17, 15) is 4.79 Å². The minimum absolute atomic E-state index is 0.00166. The Hall–Kier alpha value is -2.86. The molecular formula is C22H26N4O2. The zero-order valence-corrected chi connectivity index (χ0v) is 16.4. The molecule has 2 aliphatic heterocycles. The number of nitrogens with zero attached hydrogens (tertiary/aromatic N) is 2. The molecule has 0 radical (unpaired) electrons. The summed E-state index contributed by atoms with van der Waals surface area (Å²) in [6.45, 7) is 1.94. The van der Waals surface area contributed by atoms with Gasteiger partial charge in [-0.3, -0.25) is 9.79 Å². The number of fused-ring (bicyclic) bond motifs is 1. The molecule has 1 fully saturated rings. The fraction of sp³-hybridized carbons (Fsp3) is 0.364. The van der Waals surface area contributed by atoms with E-state index < -0.39 is 0 Å². The van der Waals surface area contributed by atoms with Crippen LogP contribution in [0.4, 0.5) is 11.4 Å². The summed E-state index contributed by atoms with van der Waals surface area (Å²) in [7, 11) is 3.53. The van der Waals surface area contributed by atoms with Crippen molar-refractivity contribution in [2.75, 3.05) is 37.9 Å². The molecule has 0 aliphatic carbocycles. The second-order valence-electron chi connectivity index (χ2n) is 7.55. The normalized spacial score (nSPS) is 18.9. The van der Waals surface area contributed by atoms with Crippen molar-refractivity contribution in [3.05, 3.63) is 59.7 Å². The molecule has 28 heavy (non-hydrogen) atoms. The number of para-hydroxylation sites is 2. The number of hydrogen-bond acceptors (Lipinski definition) is 4. The van der Waals surface area contributed by atoms with E-state index in [1.165, 1.54) is 0 Å². The molecule has 1 saturated heterocycles. The zero-order valence-electron chi connectivity index (χ0n) is 16.4. The monoisotopic (exact) mass is 378 g/mol. The van der Waals surface area contributed by atoms with Crippen LogP contribution < -0.4 is 10.6 Å². The number of anilines is 2. The van der Waals surface area contributed by atoms with Crippen LogP contribution >= 0.6 is 0 Å². The lowest BCUT2D eigenvalue weighted by atomic mass is 9.86. The standard InChI is InChI=1S/C22H26N4O2/c1-26(2)20(27)17-7-5-6-16(14-17)15-23-21-22(10-12-28-13-11-22)25-19-9-4-3-8-18(19)24-21/h3-9,14,25H,10-13,15H2,1-2H3,(H,23,24). The van der Waals surface area contributed by atoms with Crippen molar-refractivity contribution in [3.8, 4) is 0 Å². The Morgan fingerprint density at radius 3 is 2.61 bits per heavy atom. The lowest BCUT2D eigenvalue weighted by Crippen LogP contribution is -2.55. The van der Waals surface area contributed by atoms with E-state index in [2.05, 4.69) is 22.8 Å². The van der Waals surface area contributed by atoms with Crippen molar-refractivity contribution in [2.45, 2.75) is 24.9 Å². The first-order chi connectivity index (χ1) is 13.6. The molecule has 1 amide bonds. The lowest BCUT2D eigenvalue weighted by Gasteiger charge is -2.43. The zero-order chi connectivity index (χ0) is 19.6. The van der Waals surface area contributed by atoms with Gasteiger partial charge < -0.3 is 20.3 Å². The van der Waals surface area contributed by atoms with Gasteiger partial charge in [0.1, 0.15) is 5.84 Å². The Morgan fingerprint density at radius 2 is 1.86 bits per heavy atom. The molecule has 6 heteroatoms. The molecule has 2 aromatic rings. The molecule has 0 bridgehead atoms. The highest BCUT2D eigenvalue weighted by molar-refractivity contribution is 6.09. The summed E-state index contributed by atoms with van der Waals surface area (Å²) in [6.07, 6.45) is 1.73. The molecule has 0 saturated carbocycles. The number of carbonyl (C=O) groups is 1. The van der Waals surface area contributed by atoms with E-state index in [-0.39, 0.29) is 11.4 Å². The van der Waals surface area contributed by atoms with Gasteiger partial charge in [-0.1, -0.05) is 24.3 Å². The second kappa shape index (κ2) is 7.64. The SMILES string of the molecule is CN(C)C(=O)c1cccc(CN=C2Nc3ccccc3NC23CCOCC3)c1. The van der Waals surface area contributed by atoms with Crippen LogP contribution in [0.2, 0.25) is 0 Å². The number of amides is 1. The number of nitrogens with one attached hydrogen (secondary N) is 2. The molecule has 2 heterocycles. The average Bonchev–Trinajstić information content (AvgIpc) is 2.72. The van der Waals surface area contributed by atoms with E-state index >= 15 is 0 Å². The predicted octanol–water partition coefficient (Wildman–Crippen LogP) is 3.37. The third-order valence-electron chi connectivity index (χ3n) is 5.35. The maximum atomic E-state index is 12.2. The number of amidine groups is 1. The van der Waals surface area contributed by atoms with E-state index in [0.717, 1.165) is 35.6 Å². The maximum Gasteiger partial charge on any atom is 0.253 e. The molecule has 0 unspecified atom stereocenters. The molecule has 2 aliphatic rings. The van der Waals surface area contributed by atoms with E-state index in [0.29, 0.717) is 25.3 Å². The summed E-state index contributed by atoms with van der Waals surface area (Å²) in [4.78, 5) is 18.8. The molecule has 0 aromatic heterocycles. The van der Waals surface area contributed by atoms with Crippen LogP contribution in [-0.2, 0) is 11.3 Å². The third kappa shape index (κ3) is 3.60. The number of rotatable bonds is 3. The smallest absolute Gasteiger partial charge is 0.253 e. The van der Waals surface area contributed by atoms with Crippen molar-refractivity contribution in [2.24, 2.45) is 4.99 Å². The highest BCUT2D eigenvalue weighted by Gasteiger charge is 2.41. The molecule has 4 rings (SSSR count). The Kier molecular flexibility index (Phi) is 5.05. The average molecular weight is 378 g/mol. The van der Waals surface area contributed by atoms with Crippen LogP contribution in [0.25, 0.3) is 0 Å². The largest absolute Gasteiger partial charge is 0.381 e. The topological polar surface area (TPSA) is 66.0 Å². The molecule has 146 valence electrons. The minimum atomic E-state index is -0.232. The first kappa shape index (κ1) is 18.5. The molecule has 2 N–H and O–H groups in total. The van der Waals surface area contributed by atoms with Gasteiger partial charge in [0.2, 0.25) is 0 Å². The number of carbonyl (C=O) groups excluding carboxylic acids is 1. The van der Waals surface area contributed by atoms with Crippen LogP contribution in [0.3, 0.4) is 0 Å². The van der Waals surface area contributed by atoms with Gasteiger partial charge in [-0.25, -0.2) is 0 Å². The van der Waals surface area contributed by atoms with Gasteiger partial charge in [0.25, 0.3) is 5.91 Å². The van der Waals surface area contributed by atoms with Gasteiger partial charge >= 0.3 is 0 Å². The molecule has 6 nitrogen and oxygen atoms in total. The first-order valence-corrected chi connectivity index (χ1v) is 9.65. The van der Waals surface area contributed by atoms with Gasteiger partial charge in [-0.2, -0.15) is 0 Å². The van der Waals surface area contributed by atoms with Crippen LogP contribution in [0.1, 0.15) is 28.8 Å². The molecular weight excluding hydrogens is 352 g/mol. The van der Waals surface area contributed by atoms with Gasteiger partial charge in [0.15, 0.2) is 0 Å². The quantitative estimate of drug-likeness (QED) is 0.859. The fourth-order valence-corrected chi connectivity index (χ4v) is 3.77. The lowest BCUT2D eigenvalue weighted by molar-refractivity contribution is 0.0778. The number of aliphatic imine (C=N–C) groups is 1. The Labute approximate surface area is 165 Å². The van der Waals surface area contributed by atoms with E-state index in [4.69, 9.17) is 9.73 Å². The molecule has 1 spiro atoms. The van der Waals surface area contributed by atoms with Crippen molar-refractivity contribution >= 4 is 23.1 Å². The summed E-state index contributed by atoms with van der Waals surface area (Å²) in [5.41, 5.74) is 3.60. The van der Waals surface area contributed by atoms with Crippen LogP contribution in [0.15, 0.2) is 53.5 Å². The maximum absolute atomic E-state index is 12.2. The Balaban J connectivity index is 1.62. The summed E-state index contributed by atoms with van der Waals surface area (Å²) in [5.74, 6) is 0.945. The summed E-state index contributed by atoms with van der Waals surface area (Å²) in [5, 5.41) is 7.25. The number of hydrogen-bond donors (Lipinski definition) is 2. The van der Waals surface area contributed by atoms with Crippen LogP contribution in [-0.4, -0.2) is 49.5 Å². The van der Waals surface area contributed by atoms with Crippen molar-refractivity contribution < 1.29 is 9.53 Å². The van der Waals surface area contributed by atoms with Crippen molar-refractivity contribution in [3.63, 3.8) is 0 Å². The van der Waals surface area contributed by atoms with Gasteiger partial charge in [0.05, 0.1) is 23.5 Å². The van der Waals surface area contributed by atoms with Crippen molar-refractivity contribution in [1.82, 2.24) is 4.90 Å². The van der Waals surface area contributed by atoms with Crippen LogP contribution in [0, 0.1) is 0 Å². The molecule has 0 atom stereocenters. The minimum Gasteiger partial charge on any atom is -0.381 e. The van der Waals surface area contributed by atoms with Gasteiger partial charge in [-0.15, -0.1) is 0 Å². The van der Waals surface area contributed by atoms with Crippen LogP contribution in [0.5, 0.6) is 0 Å². The number of ether oxygens (including phenoxy) is 1. The fourth-order valence-electron chi connectivity index (χ4n) is 3.77.